The van der Waals surface area contributed by atoms with E-state index in [-0.39, 0.29) is 5.91 Å². The van der Waals surface area contributed by atoms with Crippen LogP contribution in [0.25, 0.3) is 0 Å². The standard InChI is InChI=1S/C8H14N4O/c1-7(13)11-8-10-4-6-12(8)5-2-3-9/h4,6H,2-3,5,9H2,1H3,(H,10,11,13). The lowest BCUT2D eigenvalue weighted by molar-refractivity contribution is -0.114. The lowest BCUT2D eigenvalue weighted by atomic mass is 10.4. The Balaban J connectivity index is 2.60. The zero-order valence-electron chi connectivity index (χ0n) is 7.66. The summed E-state index contributed by atoms with van der Waals surface area (Å²) in [5, 5.41) is 2.63. The van der Waals surface area contributed by atoms with Crippen molar-refractivity contribution in [2.24, 2.45) is 5.73 Å². The van der Waals surface area contributed by atoms with Crippen LogP contribution in [0.3, 0.4) is 0 Å². The van der Waals surface area contributed by atoms with Gasteiger partial charge in [0.05, 0.1) is 0 Å². The molecule has 0 spiro atoms. The highest BCUT2D eigenvalue weighted by Gasteiger charge is 2.02. The number of hydrogen-bond acceptors (Lipinski definition) is 3. The van der Waals surface area contributed by atoms with E-state index >= 15 is 0 Å². The zero-order valence-corrected chi connectivity index (χ0v) is 7.66. The Labute approximate surface area is 76.9 Å². The third-order valence-corrected chi connectivity index (χ3v) is 1.61. The minimum atomic E-state index is -0.111. The van der Waals surface area contributed by atoms with Gasteiger partial charge >= 0.3 is 0 Å². The molecule has 1 aromatic heterocycles. The number of hydrogen-bond donors (Lipinski definition) is 2. The number of aromatic nitrogens is 2. The molecule has 5 heteroatoms. The highest BCUT2D eigenvalue weighted by atomic mass is 16.1. The molecule has 72 valence electrons. The summed E-state index contributed by atoms with van der Waals surface area (Å²) in [7, 11) is 0. The van der Waals surface area contributed by atoms with E-state index in [1.54, 1.807) is 6.20 Å². The van der Waals surface area contributed by atoms with Crippen molar-refractivity contribution >= 4 is 11.9 Å². The van der Waals surface area contributed by atoms with Crippen LogP contribution in [0.1, 0.15) is 13.3 Å². The molecule has 0 atom stereocenters. The fraction of sp³-hybridized carbons (Fsp3) is 0.500. The van der Waals surface area contributed by atoms with Crippen LogP contribution in [0.4, 0.5) is 5.95 Å². The van der Waals surface area contributed by atoms with Gasteiger partial charge < -0.3 is 10.3 Å². The van der Waals surface area contributed by atoms with Gasteiger partial charge in [-0.3, -0.25) is 10.1 Å². The van der Waals surface area contributed by atoms with E-state index in [1.165, 1.54) is 6.92 Å². The summed E-state index contributed by atoms with van der Waals surface area (Å²) in [6.07, 6.45) is 4.35. The molecule has 0 unspecified atom stereocenters. The van der Waals surface area contributed by atoms with Crippen molar-refractivity contribution in [1.29, 1.82) is 0 Å². The Morgan fingerprint density at radius 1 is 1.77 bits per heavy atom. The second kappa shape index (κ2) is 4.61. The highest BCUT2D eigenvalue weighted by molar-refractivity contribution is 5.86. The molecule has 13 heavy (non-hydrogen) atoms. The molecule has 1 rings (SSSR count). The minimum Gasteiger partial charge on any atom is -0.330 e. The van der Waals surface area contributed by atoms with Crippen molar-refractivity contribution in [2.45, 2.75) is 19.9 Å². The van der Waals surface area contributed by atoms with Crippen LogP contribution < -0.4 is 11.1 Å². The van der Waals surface area contributed by atoms with Crippen LogP contribution in [0, 0.1) is 0 Å². The first-order valence-corrected chi connectivity index (χ1v) is 4.23. The predicted octanol–water partition coefficient (Wildman–Crippen LogP) is 0.190. The molecule has 0 aliphatic heterocycles. The fourth-order valence-electron chi connectivity index (χ4n) is 1.03. The zero-order chi connectivity index (χ0) is 9.68. The molecular formula is C8H14N4O. The molecule has 0 aliphatic carbocycles. The summed E-state index contributed by atoms with van der Waals surface area (Å²) >= 11 is 0. The van der Waals surface area contributed by atoms with Gasteiger partial charge in [-0.2, -0.15) is 0 Å². The third-order valence-electron chi connectivity index (χ3n) is 1.61. The van der Waals surface area contributed by atoms with E-state index in [4.69, 9.17) is 5.73 Å². The quantitative estimate of drug-likeness (QED) is 0.698. The first-order valence-electron chi connectivity index (χ1n) is 4.23. The number of nitrogens with zero attached hydrogens (tertiary/aromatic N) is 2. The first kappa shape index (κ1) is 9.73. The maximum absolute atomic E-state index is 10.7. The van der Waals surface area contributed by atoms with Gasteiger partial charge in [0, 0.05) is 25.9 Å². The van der Waals surface area contributed by atoms with Crippen molar-refractivity contribution in [3.05, 3.63) is 12.4 Å². The molecule has 0 saturated heterocycles. The fourth-order valence-corrected chi connectivity index (χ4v) is 1.03. The molecule has 0 radical (unpaired) electrons. The molecule has 1 aromatic rings. The van der Waals surface area contributed by atoms with Crippen LogP contribution in [-0.4, -0.2) is 22.0 Å². The average molecular weight is 182 g/mol. The first-order chi connectivity index (χ1) is 6.24. The van der Waals surface area contributed by atoms with Gasteiger partial charge in [0.1, 0.15) is 0 Å². The largest absolute Gasteiger partial charge is 0.330 e. The number of carbonyl (C=O) groups is 1. The Morgan fingerprint density at radius 3 is 3.15 bits per heavy atom. The van der Waals surface area contributed by atoms with Crippen molar-refractivity contribution in [2.75, 3.05) is 11.9 Å². The van der Waals surface area contributed by atoms with Crippen LogP contribution in [0.5, 0.6) is 0 Å². The summed E-state index contributed by atoms with van der Waals surface area (Å²) in [6, 6.07) is 0. The second-order valence-corrected chi connectivity index (χ2v) is 2.77. The Bertz CT molecular complexity index is 281. The molecule has 0 fully saturated rings. The van der Waals surface area contributed by atoms with E-state index in [1.807, 2.05) is 10.8 Å². The normalized spacial score (nSPS) is 10.0. The summed E-state index contributed by atoms with van der Waals surface area (Å²) in [4.78, 5) is 14.7. The topological polar surface area (TPSA) is 72.9 Å². The molecule has 1 heterocycles. The highest BCUT2D eigenvalue weighted by Crippen LogP contribution is 2.04. The number of aryl methyl sites for hydroxylation is 1. The monoisotopic (exact) mass is 182 g/mol. The Kier molecular flexibility index (Phi) is 3.45. The van der Waals surface area contributed by atoms with E-state index in [0.29, 0.717) is 12.5 Å². The Morgan fingerprint density at radius 2 is 2.54 bits per heavy atom. The van der Waals surface area contributed by atoms with E-state index in [9.17, 15) is 4.79 Å². The van der Waals surface area contributed by atoms with Crippen molar-refractivity contribution in [1.82, 2.24) is 9.55 Å². The molecule has 0 aromatic carbocycles. The van der Waals surface area contributed by atoms with Gasteiger partial charge in [0.25, 0.3) is 0 Å². The summed E-state index contributed by atoms with van der Waals surface area (Å²) in [5.41, 5.74) is 5.38. The molecule has 3 N–H and O–H groups in total. The average Bonchev–Trinajstić information content (AvgIpc) is 2.48. The van der Waals surface area contributed by atoms with Gasteiger partial charge in [-0.15, -0.1) is 0 Å². The summed E-state index contributed by atoms with van der Waals surface area (Å²) in [5.74, 6) is 0.473. The summed E-state index contributed by atoms with van der Waals surface area (Å²) in [6.45, 7) is 2.88. The van der Waals surface area contributed by atoms with Crippen molar-refractivity contribution in [3.8, 4) is 0 Å². The number of amides is 1. The second-order valence-electron chi connectivity index (χ2n) is 2.77. The minimum absolute atomic E-state index is 0.111. The maximum atomic E-state index is 10.7. The number of imidazole rings is 1. The van der Waals surface area contributed by atoms with Gasteiger partial charge in [-0.1, -0.05) is 0 Å². The van der Waals surface area contributed by atoms with Crippen LogP contribution in [0.15, 0.2) is 12.4 Å². The van der Waals surface area contributed by atoms with Crippen LogP contribution >= 0.6 is 0 Å². The SMILES string of the molecule is CC(=O)Nc1nccn1CCCN. The van der Waals surface area contributed by atoms with E-state index in [0.717, 1.165) is 13.0 Å². The molecule has 0 aliphatic rings. The van der Waals surface area contributed by atoms with Crippen LogP contribution in [0.2, 0.25) is 0 Å². The van der Waals surface area contributed by atoms with Crippen molar-refractivity contribution < 1.29 is 4.79 Å². The predicted molar refractivity (Wildman–Crippen MR) is 50.2 cm³/mol. The number of rotatable bonds is 4. The van der Waals surface area contributed by atoms with E-state index < -0.39 is 0 Å². The van der Waals surface area contributed by atoms with Gasteiger partial charge in [0.15, 0.2) is 0 Å². The van der Waals surface area contributed by atoms with E-state index in [2.05, 4.69) is 10.3 Å². The van der Waals surface area contributed by atoms with Gasteiger partial charge in [-0.05, 0) is 13.0 Å². The van der Waals surface area contributed by atoms with Gasteiger partial charge in [-0.25, -0.2) is 4.98 Å². The van der Waals surface area contributed by atoms with Crippen LogP contribution in [-0.2, 0) is 11.3 Å². The molecule has 5 nitrogen and oxygen atoms in total. The number of nitrogens with one attached hydrogen (secondary N) is 1. The third kappa shape index (κ3) is 2.87. The maximum Gasteiger partial charge on any atom is 0.223 e. The molecule has 1 amide bonds. The molecule has 0 saturated carbocycles. The molecular weight excluding hydrogens is 168 g/mol. The van der Waals surface area contributed by atoms with Crippen molar-refractivity contribution in [3.63, 3.8) is 0 Å². The molecule has 0 bridgehead atoms. The number of anilines is 1. The number of carbonyl (C=O) groups excluding carboxylic acids is 1. The Hall–Kier alpha value is -1.36. The lowest BCUT2D eigenvalue weighted by Gasteiger charge is -2.05. The smallest absolute Gasteiger partial charge is 0.223 e. The van der Waals surface area contributed by atoms with Gasteiger partial charge in [0.2, 0.25) is 11.9 Å². The number of nitrogens with two attached hydrogens (primary N) is 1. The lowest BCUT2D eigenvalue weighted by Crippen LogP contribution is -2.13. The summed E-state index contributed by atoms with van der Waals surface area (Å²) < 4.78 is 1.87.